The summed E-state index contributed by atoms with van der Waals surface area (Å²) < 4.78 is 0. The van der Waals surface area contributed by atoms with E-state index in [1.807, 2.05) is 12.1 Å². The van der Waals surface area contributed by atoms with Crippen molar-refractivity contribution in [3.05, 3.63) is 58.3 Å². The van der Waals surface area contributed by atoms with Gasteiger partial charge in [0.15, 0.2) is 0 Å². The Kier molecular flexibility index (Phi) is 3.54. The lowest BCUT2D eigenvalue weighted by Crippen LogP contribution is -1.80. The van der Waals surface area contributed by atoms with Gasteiger partial charge in [-0.3, -0.25) is 9.98 Å². The lowest BCUT2D eigenvalue weighted by molar-refractivity contribution is 1.32. The molecule has 0 fully saturated rings. The van der Waals surface area contributed by atoms with Crippen molar-refractivity contribution in [1.82, 2.24) is 4.98 Å². The first-order valence-corrected chi connectivity index (χ1v) is 5.40. The fourth-order valence-electron chi connectivity index (χ4n) is 1.21. The first kappa shape index (κ1) is 11.1. The highest BCUT2D eigenvalue weighted by Gasteiger charge is 1.95. The van der Waals surface area contributed by atoms with Gasteiger partial charge in [0.2, 0.25) is 0 Å². The molecule has 1 aromatic carbocycles. The Hall–Kier alpha value is -1.38. The average molecular weight is 251 g/mol. The summed E-state index contributed by atoms with van der Waals surface area (Å²) in [7, 11) is 0. The number of pyridine rings is 1. The van der Waals surface area contributed by atoms with E-state index in [2.05, 4.69) is 9.98 Å². The highest BCUT2D eigenvalue weighted by Crippen LogP contribution is 2.24. The van der Waals surface area contributed by atoms with Gasteiger partial charge >= 0.3 is 0 Å². The SMILES string of the molecule is Clc1cc(Cl)cc(N=Cc2ccncc2)c1. The molecule has 0 aliphatic rings. The van der Waals surface area contributed by atoms with Crippen LogP contribution < -0.4 is 0 Å². The first-order chi connectivity index (χ1) is 7.74. The predicted octanol–water partition coefficient (Wildman–Crippen LogP) is 4.14. The molecule has 0 unspecified atom stereocenters. The molecule has 0 spiro atoms. The zero-order valence-corrected chi connectivity index (χ0v) is 9.78. The van der Waals surface area contributed by atoms with Crippen LogP contribution in [0.5, 0.6) is 0 Å². The zero-order valence-electron chi connectivity index (χ0n) is 8.27. The largest absolute Gasteiger partial charge is 0.265 e. The van der Waals surface area contributed by atoms with Gasteiger partial charge in [-0.25, -0.2) is 0 Å². The third kappa shape index (κ3) is 3.05. The van der Waals surface area contributed by atoms with E-state index < -0.39 is 0 Å². The molecule has 1 aromatic heterocycles. The molecule has 0 saturated heterocycles. The molecular formula is C12H8Cl2N2. The van der Waals surface area contributed by atoms with Crippen LogP contribution in [-0.4, -0.2) is 11.2 Å². The third-order valence-electron chi connectivity index (χ3n) is 1.92. The minimum atomic E-state index is 0.578. The number of hydrogen-bond acceptors (Lipinski definition) is 2. The molecule has 1 heterocycles. The van der Waals surface area contributed by atoms with E-state index in [4.69, 9.17) is 23.2 Å². The first-order valence-electron chi connectivity index (χ1n) is 4.64. The Bertz CT molecular complexity index is 489. The van der Waals surface area contributed by atoms with Gasteiger partial charge in [0.1, 0.15) is 0 Å². The van der Waals surface area contributed by atoms with E-state index in [9.17, 15) is 0 Å². The fourth-order valence-corrected chi connectivity index (χ4v) is 1.73. The Balaban J connectivity index is 2.24. The van der Waals surface area contributed by atoms with Crippen LogP contribution in [0, 0.1) is 0 Å². The molecule has 16 heavy (non-hydrogen) atoms. The van der Waals surface area contributed by atoms with Crippen molar-refractivity contribution in [1.29, 1.82) is 0 Å². The van der Waals surface area contributed by atoms with Crippen molar-refractivity contribution in [2.75, 3.05) is 0 Å². The van der Waals surface area contributed by atoms with Crippen LogP contribution in [0.4, 0.5) is 5.69 Å². The van der Waals surface area contributed by atoms with Gasteiger partial charge in [-0.1, -0.05) is 23.2 Å². The van der Waals surface area contributed by atoms with Crippen molar-refractivity contribution in [2.24, 2.45) is 4.99 Å². The molecule has 0 bridgehead atoms. The van der Waals surface area contributed by atoms with Gasteiger partial charge in [0.25, 0.3) is 0 Å². The number of benzene rings is 1. The highest BCUT2D eigenvalue weighted by molar-refractivity contribution is 6.35. The summed E-state index contributed by atoms with van der Waals surface area (Å²) in [5, 5.41) is 1.16. The van der Waals surface area contributed by atoms with Crippen LogP contribution >= 0.6 is 23.2 Å². The van der Waals surface area contributed by atoms with Crippen LogP contribution in [0.3, 0.4) is 0 Å². The number of nitrogens with zero attached hydrogens (tertiary/aromatic N) is 2. The van der Waals surface area contributed by atoms with Crippen molar-refractivity contribution in [2.45, 2.75) is 0 Å². The van der Waals surface area contributed by atoms with Gasteiger partial charge in [-0.05, 0) is 35.9 Å². The molecule has 0 amide bonds. The molecule has 4 heteroatoms. The Labute approximate surface area is 104 Å². The summed E-state index contributed by atoms with van der Waals surface area (Å²) in [6.45, 7) is 0. The van der Waals surface area contributed by atoms with Crippen molar-refractivity contribution in [3.63, 3.8) is 0 Å². The third-order valence-corrected chi connectivity index (χ3v) is 2.35. The number of hydrogen-bond donors (Lipinski definition) is 0. The summed E-state index contributed by atoms with van der Waals surface area (Å²) in [5.74, 6) is 0. The topological polar surface area (TPSA) is 25.2 Å². The molecule has 0 radical (unpaired) electrons. The molecule has 0 N–H and O–H groups in total. The summed E-state index contributed by atoms with van der Waals surface area (Å²) in [5.41, 5.74) is 1.71. The zero-order chi connectivity index (χ0) is 11.4. The van der Waals surface area contributed by atoms with E-state index in [0.717, 1.165) is 11.3 Å². The standard InChI is InChI=1S/C12H8Cl2N2/c13-10-5-11(14)7-12(6-10)16-8-9-1-3-15-4-2-9/h1-8H. The molecule has 2 aromatic rings. The van der Waals surface area contributed by atoms with Crippen molar-refractivity contribution >= 4 is 35.1 Å². The van der Waals surface area contributed by atoms with E-state index in [1.54, 1.807) is 36.8 Å². The van der Waals surface area contributed by atoms with Crippen molar-refractivity contribution in [3.8, 4) is 0 Å². The van der Waals surface area contributed by atoms with E-state index >= 15 is 0 Å². The van der Waals surface area contributed by atoms with Crippen LogP contribution in [0.25, 0.3) is 0 Å². The molecule has 2 rings (SSSR count). The molecule has 0 saturated carbocycles. The Morgan fingerprint density at radius 2 is 1.62 bits per heavy atom. The van der Waals surface area contributed by atoms with Gasteiger partial charge in [-0.2, -0.15) is 0 Å². The number of rotatable bonds is 2. The molecular weight excluding hydrogens is 243 g/mol. The number of halogens is 2. The van der Waals surface area contributed by atoms with E-state index in [-0.39, 0.29) is 0 Å². The van der Waals surface area contributed by atoms with Crippen LogP contribution in [0.15, 0.2) is 47.7 Å². The lowest BCUT2D eigenvalue weighted by atomic mass is 10.3. The summed E-state index contributed by atoms with van der Waals surface area (Å²) >= 11 is 11.7. The second kappa shape index (κ2) is 5.10. The van der Waals surface area contributed by atoms with Gasteiger partial charge in [0, 0.05) is 28.7 Å². The Morgan fingerprint density at radius 3 is 2.25 bits per heavy atom. The maximum Gasteiger partial charge on any atom is 0.0659 e. The van der Waals surface area contributed by atoms with Gasteiger partial charge < -0.3 is 0 Å². The maximum atomic E-state index is 5.86. The van der Waals surface area contributed by atoms with Gasteiger partial charge in [-0.15, -0.1) is 0 Å². The highest BCUT2D eigenvalue weighted by atomic mass is 35.5. The van der Waals surface area contributed by atoms with Crippen LogP contribution in [-0.2, 0) is 0 Å². The summed E-state index contributed by atoms with van der Waals surface area (Å²) in [6.07, 6.45) is 5.17. The monoisotopic (exact) mass is 250 g/mol. The normalized spacial score (nSPS) is 10.9. The smallest absolute Gasteiger partial charge is 0.0659 e. The summed E-state index contributed by atoms with van der Waals surface area (Å²) in [6, 6.07) is 8.93. The minimum absolute atomic E-state index is 0.578. The lowest BCUT2D eigenvalue weighted by Gasteiger charge is -1.96. The quantitative estimate of drug-likeness (QED) is 0.736. The van der Waals surface area contributed by atoms with Gasteiger partial charge in [0.05, 0.1) is 5.69 Å². The minimum Gasteiger partial charge on any atom is -0.265 e. The number of aromatic nitrogens is 1. The second-order valence-electron chi connectivity index (χ2n) is 3.17. The predicted molar refractivity (Wildman–Crippen MR) is 68.0 cm³/mol. The maximum absolute atomic E-state index is 5.86. The number of aliphatic imine (C=N–C) groups is 1. The molecule has 0 aliphatic carbocycles. The van der Waals surface area contributed by atoms with Crippen LogP contribution in [0.1, 0.15) is 5.56 Å². The second-order valence-corrected chi connectivity index (χ2v) is 4.04. The molecule has 2 nitrogen and oxygen atoms in total. The van der Waals surface area contributed by atoms with E-state index in [1.165, 1.54) is 0 Å². The molecule has 80 valence electrons. The average Bonchev–Trinajstić information content (AvgIpc) is 2.27. The fraction of sp³-hybridized carbons (Fsp3) is 0. The van der Waals surface area contributed by atoms with Crippen LogP contribution in [0.2, 0.25) is 10.0 Å². The summed E-state index contributed by atoms with van der Waals surface area (Å²) in [4.78, 5) is 8.20. The molecule has 0 aliphatic heterocycles. The molecule has 0 atom stereocenters. The Morgan fingerprint density at radius 1 is 1.00 bits per heavy atom. The van der Waals surface area contributed by atoms with Crippen molar-refractivity contribution < 1.29 is 0 Å². The van der Waals surface area contributed by atoms with E-state index in [0.29, 0.717) is 10.0 Å².